The van der Waals surface area contributed by atoms with E-state index in [0.717, 1.165) is 103 Å². The molecular weight excluding hydrogens is 760 g/mol. The quantitative estimate of drug-likeness (QED) is 0.0259. The average molecular weight is 846 g/mol. The van der Waals surface area contributed by atoms with Gasteiger partial charge in [-0.3, -0.25) is 19.2 Å². The first-order valence-corrected chi connectivity index (χ1v) is 24.2. The Balaban J connectivity index is 4.07. The summed E-state index contributed by atoms with van der Waals surface area (Å²) in [6.07, 6.45) is 31.1. The minimum Gasteiger partial charge on any atom is -0.465 e. The van der Waals surface area contributed by atoms with Gasteiger partial charge in [-0.15, -0.1) is 0 Å². The van der Waals surface area contributed by atoms with Crippen LogP contribution in [0.15, 0.2) is 0 Å². The summed E-state index contributed by atoms with van der Waals surface area (Å²) in [5, 5.41) is 0.566. The fourth-order valence-electron chi connectivity index (χ4n) is 6.70. The van der Waals surface area contributed by atoms with E-state index in [1.807, 2.05) is 0 Å². The summed E-state index contributed by atoms with van der Waals surface area (Å²) in [6, 6.07) is 0. The molecule has 0 unspecified atom stereocenters. The molecule has 324 valence electrons. The van der Waals surface area contributed by atoms with Gasteiger partial charge in [-0.2, -0.15) is 0 Å². The van der Waals surface area contributed by atoms with Crippen LogP contribution in [0, 0.1) is 5.92 Å². The molecule has 8 nitrogen and oxygen atoms in total. The molecule has 55 heavy (non-hydrogen) atoms. The van der Waals surface area contributed by atoms with Crippen LogP contribution < -0.4 is 0 Å². The third kappa shape index (κ3) is 36.4. The molecule has 0 saturated carbocycles. The Hall–Kier alpha value is -1.64. The number of rotatable bonds is 41. The highest BCUT2D eigenvalue weighted by Gasteiger charge is 2.17. The summed E-state index contributed by atoms with van der Waals surface area (Å²) in [4.78, 5) is 49.7. The van der Waals surface area contributed by atoms with E-state index in [2.05, 4.69) is 43.6 Å². The maximum absolute atomic E-state index is 12.5. The van der Waals surface area contributed by atoms with E-state index in [4.69, 9.17) is 18.9 Å². The first-order valence-electron chi connectivity index (χ1n) is 23.0. The van der Waals surface area contributed by atoms with Crippen LogP contribution in [-0.2, 0) is 38.1 Å². The maximum atomic E-state index is 12.5. The number of hydrogen-bond donors (Lipinski definition) is 0. The third-order valence-corrected chi connectivity index (χ3v) is 11.2. The van der Waals surface area contributed by atoms with Crippen LogP contribution in [0.5, 0.6) is 0 Å². The summed E-state index contributed by atoms with van der Waals surface area (Å²) in [5.41, 5.74) is 0. The number of halogens is 1. The Morgan fingerprint density at radius 1 is 0.382 bits per heavy atom. The summed E-state index contributed by atoms with van der Waals surface area (Å²) in [7, 11) is 0. The number of carbonyl (C=O) groups is 4. The molecule has 0 aliphatic rings. The summed E-state index contributed by atoms with van der Waals surface area (Å²) in [5.74, 6) is -0.770. The van der Waals surface area contributed by atoms with Crippen molar-refractivity contribution in [1.29, 1.82) is 0 Å². The monoisotopic (exact) mass is 845 g/mol. The second-order valence-corrected chi connectivity index (χ2v) is 16.5. The van der Waals surface area contributed by atoms with Crippen molar-refractivity contribution in [2.75, 3.05) is 18.5 Å². The number of hydrogen-bond acceptors (Lipinski definition) is 8. The van der Waals surface area contributed by atoms with Gasteiger partial charge in [0.05, 0.1) is 13.2 Å². The molecule has 0 aliphatic carbocycles. The molecule has 9 heteroatoms. The van der Waals surface area contributed by atoms with Crippen molar-refractivity contribution in [3.05, 3.63) is 0 Å². The Labute approximate surface area is 346 Å². The summed E-state index contributed by atoms with van der Waals surface area (Å²) >= 11 is 3.45. The number of alkyl halides is 1. The third-order valence-electron chi connectivity index (χ3n) is 10.3. The van der Waals surface area contributed by atoms with Crippen molar-refractivity contribution in [2.24, 2.45) is 5.92 Å². The fraction of sp³-hybridized carbons (Fsp3) is 0.913. The van der Waals surface area contributed by atoms with Crippen molar-refractivity contribution in [1.82, 2.24) is 0 Å². The van der Waals surface area contributed by atoms with Gasteiger partial charge in [0.1, 0.15) is 12.2 Å². The fourth-order valence-corrected chi connectivity index (χ4v) is 7.07. The van der Waals surface area contributed by atoms with E-state index in [9.17, 15) is 19.2 Å². The molecule has 0 aromatic carbocycles. The molecule has 0 amide bonds. The van der Waals surface area contributed by atoms with Gasteiger partial charge in [0.2, 0.25) is 0 Å². The first-order chi connectivity index (χ1) is 26.8. The van der Waals surface area contributed by atoms with Crippen LogP contribution in [0.1, 0.15) is 233 Å². The molecule has 0 radical (unpaired) electrons. The van der Waals surface area contributed by atoms with Gasteiger partial charge in [0.15, 0.2) is 0 Å². The molecule has 0 heterocycles. The lowest BCUT2D eigenvalue weighted by Gasteiger charge is -2.18. The van der Waals surface area contributed by atoms with Crippen molar-refractivity contribution in [3.63, 3.8) is 0 Å². The van der Waals surface area contributed by atoms with Crippen molar-refractivity contribution < 1.29 is 38.1 Å². The molecule has 0 bridgehead atoms. The van der Waals surface area contributed by atoms with Crippen LogP contribution in [-0.4, -0.2) is 54.6 Å². The number of ether oxygens (including phenoxy) is 4. The van der Waals surface area contributed by atoms with E-state index in [-0.39, 0.29) is 55.2 Å². The van der Waals surface area contributed by atoms with E-state index in [1.54, 1.807) is 0 Å². The van der Waals surface area contributed by atoms with E-state index in [1.165, 1.54) is 77.0 Å². The summed E-state index contributed by atoms with van der Waals surface area (Å²) < 4.78 is 22.7. The van der Waals surface area contributed by atoms with Crippen LogP contribution in [0.25, 0.3) is 0 Å². The predicted octanol–water partition coefficient (Wildman–Crippen LogP) is 13.5. The molecule has 0 aromatic rings. The molecule has 0 fully saturated rings. The highest BCUT2D eigenvalue weighted by atomic mass is 79.9. The molecule has 0 rings (SSSR count). The number of esters is 4. The Morgan fingerprint density at radius 3 is 0.927 bits per heavy atom. The van der Waals surface area contributed by atoms with Gasteiger partial charge in [0, 0.05) is 36.9 Å². The second-order valence-electron chi connectivity index (χ2n) is 15.8. The van der Waals surface area contributed by atoms with Gasteiger partial charge in [-0.25, -0.2) is 0 Å². The number of unbranched alkanes of at least 4 members (excludes halogenated alkanes) is 18. The first kappa shape index (κ1) is 53.4. The maximum Gasteiger partial charge on any atom is 0.306 e. The molecular formula is C46H85BrO8. The molecule has 0 N–H and O–H groups in total. The minimum atomic E-state index is -0.246. The zero-order chi connectivity index (χ0) is 40.6. The predicted molar refractivity (Wildman–Crippen MR) is 229 cm³/mol. The Morgan fingerprint density at radius 2 is 0.655 bits per heavy atom. The molecule has 0 aliphatic heterocycles. The molecule has 0 aromatic heterocycles. The molecule has 0 saturated heterocycles. The second kappa shape index (κ2) is 40.6. The highest BCUT2D eigenvalue weighted by molar-refractivity contribution is 9.09. The summed E-state index contributed by atoms with van der Waals surface area (Å²) in [6.45, 7) is 9.25. The largest absolute Gasteiger partial charge is 0.465 e. The van der Waals surface area contributed by atoms with Crippen molar-refractivity contribution >= 4 is 39.8 Å². The van der Waals surface area contributed by atoms with Crippen LogP contribution in [0.2, 0.25) is 0 Å². The minimum absolute atomic E-state index is 0.0515. The zero-order valence-corrected chi connectivity index (χ0v) is 37.7. The SMILES string of the molecule is CCCCCCC(CCCCCC)OC(=O)CCCCCCC(=O)OCC(CBr)COC(=O)CCCCCCC(=O)OC(CCCCCC)CCCCCC. The Kier molecular flexibility index (Phi) is 39.3. The van der Waals surface area contributed by atoms with E-state index < -0.39 is 0 Å². The van der Waals surface area contributed by atoms with Gasteiger partial charge < -0.3 is 18.9 Å². The molecule has 0 atom stereocenters. The highest BCUT2D eigenvalue weighted by Crippen LogP contribution is 2.19. The van der Waals surface area contributed by atoms with Gasteiger partial charge in [0.25, 0.3) is 0 Å². The lowest BCUT2D eigenvalue weighted by Crippen LogP contribution is -2.22. The smallest absolute Gasteiger partial charge is 0.306 e. The van der Waals surface area contributed by atoms with Gasteiger partial charge >= 0.3 is 23.9 Å². The van der Waals surface area contributed by atoms with Crippen LogP contribution in [0.4, 0.5) is 0 Å². The van der Waals surface area contributed by atoms with Crippen LogP contribution >= 0.6 is 15.9 Å². The van der Waals surface area contributed by atoms with Gasteiger partial charge in [-0.05, 0) is 77.0 Å². The molecule has 0 spiro atoms. The van der Waals surface area contributed by atoms with Gasteiger partial charge in [-0.1, -0.05) is 146 Å². The lowest BCUT2D eigenvalue weighted by molar-refractivity contribution is -0.151. The standard InChI is InChI=1S/C46H85BrO8/c1-5-9-13-21-29-41(30-22-14-10-6-2)54-45(50)35-27-19-17-25-33-43(48)52-38-40(37-47)39-53-44(49)34-26-18-20-28-36-46(51)55-42(31-23-15-11-7-3)32-24-16-12-8-4/h40-42H,5-39H2,1-4H3. The number of carbonyl (C=O) groups excluding carboxylic acids is 4. The lowest BCUT2D eigenvalue weighted by atomic mass is 10.0. The average Bonchev–Trinajstić information content (AvgIpc) is 3.17. The zero-order valence-electron chi connectivity index (χ0n) is 36.1. The topological polar surface area (TPSA) is 105 Å². The van der Waals surface area contributed by atoms with Crippen molar-refractivity contribution in [3.8, 4) is 0 Å². The normalized spacial score (nSPS) is 11.4. The van der Waals surface area contributed by atoms with E-state index in [0.29, 0.717) is 31.0 Å². The van der Waals surface area contributed by atoms with Crippen LogP contribution in [0.3, 0.4) is 0 Å². The Bertz CT molecular complexity index is 818. The van der Waals surface area contributed by atoms with E-state index >= 15 is 0 Å². The van der Waals surface area contributed by atoms with Crippen molar-refractivity contribution in [2.45, 2.75) is 245 Å².